The summed E-state index contributed by atoms with van der Waals surface area (Å²) in [5.74, 6) is -0.640. The molecule has 3 aromatic carbocycles. The lowest BCUT2D eigenvalue weighted by molar-refractivity contribution is -0.119. The Morgan fingerprint density at radius 2 is 1.67 bits per heavy atom. The minimum absolute atomic E-state index is 0.0282. The molecule has 0 unspecified atom stereocenters. The van der Waals surface area contributed by atoms with E-state index in [1.807, 2.05) is 51.1 Å². The molecule has 202 valence electrons. The summed E-state index contributed by atoms with van der Waals surface area (Å²) in [4.78, 5) is 13.0. The number of anilines is 1. The molecular formula is C28H25BrCl2N4O3S. The zero-order valence-corrected chi connectivity index (χ0v) is 25.2. The van der Waals surface area contributed by atoms with Crippen LogP contribution in [0.15, 0.2) is 87.3 Å². The second-order valence-electron chi connectivity index (χ2n) is 8.89. The van der Waals surface area contributed by atoms with E-state index >= 15 is 0 Å². The summed E-state index contributed by atoms with van der Waals surface area (Å²) in [5.41, 5.74) is 7.21. The van der Waals surface area contributed by atoms with Gasteiger partial charge in [-0.3, -0.25) is 9.10 Å². The number of halogens is 3. The molecule has 1 N–H and O–H groups in total. The van der Waals surface area contributed by atoms with Gasteiger partial charge in [0.05, 0.1) is 16.8 Å². The Labute approximate surface area is 246 Å². The largest absolute Gasteiger partial charge is 0.318 e. The molecule has 0 bridgehead atoms. The second kappa shape index (κ2) is 12.0. The second-order valence-corrected chi connectivity index (χ2v) is 12.5. The SMILES string of the molecule is Cc1ccc(S(=O)(=O)N(CC(=O)N/N=C\c2cc(C)n(-c3cccc(Br)c3)c2C)c2cc(Cl)cc(Cl)c2)cc1. The molecule has 1 heterocycles. The van der Waals surface area contributed by atoms with Gasteiger partial charge in [0.15, 0.2) is 0 Å². The molecule has 0 radical (unpaired) electrons. The Bertz CT molecular complexity index is 1650. The fourth-order valence-corrected chi connectivity index (χ4v) is 6.41. The lowest BCUT2D eigenvalue weighted by Crippen LogP contribution is -2.39. The molecule has 0 fully saturated rings. The van der Waals surface area contributed by atoms with Crippen LogP contribution >= 0.6 is 39.1 Å². The minimum Gasteiger partial charge on any atom is -0.318 e. The number of rotatable bonds is 8. The number of carbonyl (C=O) groups is 1. The first kappa shape index (κ1) is 28.9. The molecule has 1 amide bonds. The topological polar surface area (TPSA) is 83.8 Å². The molecule has 39 heavy (non-hydrogen) atoms. The first-order valence-corrected chi connectivity index (χ1v) is 14.8. The third-order valence-corrected chi connectivity index (χ3v) is 8.68. The first-order valence-electron chi connectivity index (χ1n) is 11.8. The highest BCUT2D eigenvalue weighted by atomic mass is 79.9. The lowest BCUT2D eigenvalue weighted by atomic mass is 10.2. The highest BCUT2D eigenvalue weighted by molar-refractivity contribution is 9.10. The van der Waals surface area contributed by atoms with Gasteiger partial charge in [0.2, 0.25) is 0 Å². The number of aryl methyl sites for hydroxylation is 2. The van der Waals surface area contributed by atoms with Crippen LogP contribution in [-0.4, -0.2) is 31.7 Å². The zero-order chi connectivity index (χ0) is 28.3. The van der Waals surface area contributed by atoms with Crippen LogP contribution in [0.4, 0.5) is 5.69 Å². The van der Waals surface area contributed by atoms with Crippen LogP contribution in [0.3, 0.4) is 0 Å². The average Bonchev–Trinajstić information content (AvgIpc) is 3.14. The van der Waals surface area contributed by atoms with Crippen molar-refractivity contribution in [2.24, 2.45) is 5.10 Å². The quantitative estimate of drug-likeness (QED) is 0.168. The fraction of sp³-hybridized carbons (Fsp3) is 0.143. The van der Waals surface area contributed by atoms with E-state index in [2.05, 4.69) is 31.0 Å². The molecule has 0 aliphatic rings. The van der Waals surface area contributed by atoms with Gasteiger partial charge < -0.3 is 4.57 Å². The van der Waals surface area contributed by atoms with Crippen molar-refractivity contribution in [2.45, 2.75) is 25.7 Å². The van der Waals surface area contributed by atoms with Crippen LogP contribution in [0.25, 0.3) is 5.69 Å². The molecule has 7 nitrogen and oxygen atoms in total. The molecule has 11 heteroatoms. The van der Waals surface area contributed by atoms with Gasteiger partial charge in [-0.15, -0.1) is 0 Å². The van der Waals surface area contributed by atoms with Crippen LogP contribution in [-0.2, 0) is 14.8 Å². The van der Waals surface area contributed by atoms with Crippen molar-refractivity contribution in [2.75, 3.05) is 10.8 Å². The maximum absolute atomic E-state index is 13.6. The number of nitrogens with one attached hydrogen (secondary N) is 1. The first-order chi connectivity index (χ1) is 18.5. The van der Waals surface area contributed by atoms with E-state index in [4.69, 9.17) is 23.2 Å². The molecular weight excluding hydrogens is 623 g/mol. The molecule has 4 aromatic rings. The third kappa shape index (κ3) is 6.73. The van der Waals surface area contributed by atoms with Crippen molar-refractivity contribution in [1.82, 2.24) is 9.99 Å². The number of nitrogens with zero attached hydrogens (tertiary/aromatic N) is 3. The molecule has 0 aliphatic heterocycles. The summed E-state index contributed by atoms with van der Waals surface area (Å²) in [6, 6.07) is 20.6. The Hall–Kier alpha value is -3.11. The Morgan fingerprint density at radius 1 is 1.00 bits per heavy atom. The highest BCUT2D eigenvalue weighted by Gasteiger charge is 2.28. The molecule has 0 saturated heterocycles. The van der Waals surface area contributed by atoms with E-state index in [1.165, 1.54) is 36.5 Å². The predicted molar refractivity (Wildman–Crippen MR) is 161 cm³/mol. The summed E-state index contributed by atoms with van der Waals surface area (Å²) in [6.07, 6.45) is 1.53. The fourth-order valence-electron chi connectivity index (χ4n) is 4.11. The van der Waals surface area contributed by atoms with E-state index < -0.39 is 22.5 Å². The molecule has 1 aromatic heterocycles. The number of amides is 1. The summed E-state index contributed by atoms with van der Waals surface area (Å²) in [6.45, 7) is 5.25. The van der Waals surface area contributed by atoms with Crippen LogP contribution in [0.1, 0.15) is 22.5 Å². The normalized spacial score (nSPS) is 11.6. The van der Waals surface area contributed by atoms with Crippen LogP contribution in [0.2, 0.25) is 10.0 Å². The molecule has 0 aliphatic carbocycles. The van der Waals surface area contributed by atoms with Crippen LogP contribution in [0, 0.1) is 20.8 Å². The third-order valence-electron chi connectivity index (χ3n) is 5.96. The van der Waals surface area contributed by atoms with Gasteiger partial charge in [0.25, 0.3) is 15.9 Å². The van der Waals surface area contributed by atoms with E-state index in [0.717, 1.165) is 37.0 Å². The van der Waals surface area contributed by atoms with Crippen molar-refractivity contribution < 1.29 is 13.2 Å². The number of sulfonamides is 1. The Morgan fingerprint density at radius 3 is 2.31 bits per heavy atom. The smallest absolute Gasteiger partial charge is 0.264 e. The Kier molecular flexibility index (Phi) is 8.86. The molecule has 4 rings (SSSR count). The summed E-state index contributed by atoms with van der Waals surface area (Å²) < 4.78 is 31.1. The van der Waals surface area contributed by atoms with Gasteiger partial charge >= 0.3 is 0 Å². The number of hydrogen-bond donors (Lipinski definition) is 1. The maximum atomic E-state index is 13.6. The van der Waals surface area contributed by atoms with Crippen molar-refractivity contribution in [1.29, 1.82) is 0 Å². The number of carbonyl (C=O) groups excluding carboxylic acids is 1. The minimum atomic E-state index is -4.12. The van der Waals surface area contributed by atoms with E-state index in [1.54, 1.807) is 12.1 Å². The maximum Gasteiger partial charge on any atom is 0.264 e. The van der Waals surface area contributed by atoms with Gasteiger partial charge in [-0.2, -0.15) is 5.10 Å². The Balaban J connectivity index is 1.58. The number of aromatic nitrogens is 1. The number of hydrazone groups is 1. The highest BCUT2D eigenvalue weighted by Crippen LogP contribution is 2.30. The summed E-state index contributed by atoms with van der Waals surface area (Å²) >= 11 is 15.8. The van der Waals surface area contributed by atoms with Crippen LogP contribution in [0.5, 0.6) is 0 Å². The molecule has 0 spiro atoms. The summed E-state index contributed by atoms with van der Waals surface area (Å²) in [5, 5.41) is 4.57. The van der Waals surface area contributed by atoms with Crippen molar-refractivity contribution in [3.05, 3.63) is 110 Å². The average molecular weight is 648 g/mol. The van der Waals surface area contributed by atoms with Crippen molar-refractivity contribution >= 4 is 67.0 Å². The van der Waals surface area contributed by atoms with E-state index in [9.17, 15) is 13.2 Å². The van der Waals surface area contributed by atoms with E-state index in [0.29, 0.717) is 0 Å². The van der Waals surface area contributed by atoms with Gasteiger partial charge in [-0.1, -0.05) is 62.9 Å². The number of hydrogen-bond acceptors (Lipinski definition) is 4. The van der Waals surface area contributed by atoms with Crippen molar-refractivity contribution in [3.8, 4) is 5.69 Å². The van der Waals surface area contributed by atoms with Crippen molar-refractivity contribution in [3.63, 3.8) is 0 Å². The molecule has 0 atom stereocenters. The van der Waals surface area contributed by atoms with Gasteiger partial charge in [0, 0.05) is 37.2 Å². The zero-order valence-electron chi connectivity index (χ0n) is 21.3. The van der Waals surface area contributed by atoms with Gasteiger partial charge in [-0.05, 0) is 75.4 Å². The standard InChI is InChI=1S/C28H25BrCl2N4O3S/c1-18-7-9-27(10-8-18)39(37,38)34(26-14-23(30)13-24(31)15-26)17-28(36)33-32-16-21-11-19(2)35(20(21)3)25-6-4-5-22(29)12-25/h4-16H,17H2,1-3H3,(H,33,36)/b32-16-. The van der Waals surface area contributed by atoms with E-state index in [-0.39, 0.29) is 20.6 Å². The predicted octanol–water partition coefficient (Wildman–Crippen LogP) is 6.82. The lowest BCUT2D eigenvalue weighted by Gasteiger charge is -2.24. The van der Waals surface area contributed by atoms with Gasteiger partial charge in [0.1, 0.15) is 6.54 Å². The van der Waals surface area contributed by atoms with Gasteiger partial charge in [-0.25, -0.2) is 13.8 Å². The van der Waals surface area contributed by atoms with Crippen LogP contribution < -0.4 is 9.73 Å². The number of benzene rings is 3. The monoisotopic (exact) mass is 646 g/mol. The molecule has 0 saturated carbocycles. The summed E-state index contributed by atoms with van der Waals surface area (Å²) in [7, 11) is -4.12.